The molecule has 0 N–H and O–H groups in total. The molecular weight excluding hydrogens is 207 g/mol. The summed E-state index contributed by atoms with van der Waals surface area (Å²) in [6.07, 6.45) is 5.19. The molecule has 0 amide bonds. The van der Waals surface area contributed by atoms with E-state index in [1.807, 2.05) is 57.1 Å². The van der Waals surface area contributed by atoms with Gasteiger partial charge in [0, 0.05) is 0 Å². The molecule has 0 spiro atoms. The maximum atomic E-state index is 5.19. The van der Waals surface area contributed by atoms with Crippen LogP contribution in [0, 0.1) is 12.3 Å². The molecule has 0 aliphatic heterocycles. The molecule has 0 bridgehead atoms. The summed E-state index contributed by atoms with van der Waals surface area (Å²) in [6.45, 7) is 6.10. The molecule has 2 nitrogen and oxygen atoms in total. The first kappa shape index (κ1) is 13.1. The molecule has 0 aliphatic rings. The molecule has 1 aromatic rings. The summed E-state index contributed by atoms with van der Waals surface area (Å²) in [5.74, 6) is 4.38. The molecule has 3 heteroatoms. The van der Waals surface area contributed by atoms with Crippen LogP contribution in [0.4, 0.5) is 0 Å². The van der Waals surface area contributed by atoms with Crippen LogP contribution in [0.2, 0.25) is 0 Å². The number of terminal acetylenes is 1. The van der Waals surface area contributed by atoms with Crippen LogP contribution in [0.5, 0.6) is 0 Å². The molecule has 0 unspecified atom stereocenters. The van der Waals surface area contributed by atoms with Gasteiger partial charge in [0.05, 0.1) is 0 Å². The molecule has 0 fully saturated rings. The number of aliphatic imine (C=N–C) groups is 2. The first-order valence-corrected chi connectivity index (χ1v) is 5.49. The van der Waals surface area contributed by atoms with Gasteiger partial charge in [0.15, 0.2) is 0 Å². The summed E-state index contributed by atoms with van der Waals surface area (Å²) in [5, 5.41) is 0. The van der Waals surface area contributed by atoms with E-state index in [9.17, 15) is 0 Å². The summed E-state index contributed by atoms with van der Waals surface area (Å²) in [6, 6.07) is 10.0. The second-order valence-corrected chi connectivity index (χ2v) is 3.44. The van der Waals surface area contributed by atoms with Gasteiger partial charge in [-0.1, -0.05) is 0 Å². The van der Waals surface area contributed by atoms with Crippen LogP contribution in [0.3, 0.4) is 0 Å². The van der Waals surface area contributed by atoms with Gasteiger partial charge < -0.3 is 0 Å². The number of hydrogen-bond acceptors (Lipinski definition) is 1. The molecule has 0 aliphatic carbocycles. The van der Waals surface area contributed by atoms with Crippen molar-refractivity contribution in [2.24, 2.45) is 9.98 Å². The molecule has 0 heterocycles. The molecule has 0 atom stereocenters. The standard InChI is InChI=1S/C14H15BN2/c1-4-11-16-14(15-5-2)17-12(3)13-9-7-6-8-10-13/h1,5-10H,11H2,2-3H3. The minimum absolute atomic E-state index is 0.352. The van der Waals surface area contributed by atoms with E-state index in [0.717, 1.165) is 11.3 Å². The first-order chi connectivity index (χ1) is 8.27. The van der Waals surface area contributed by atoms with Crippen molar-refractivity contribution in [3.63, 3.8) is 0 Å². The van der Waals surface area contributed by atoms with E-state index in [-0.39, 0.29) is 0 Å². The molecule has 1 aromatic carbocycles. The number of rotatable bonds is 3. The van der Waals surface area contributed by atoms with Gasteiger partial charge in [-0.2, -0.15) is 0 Å². The second kappa shape index (κ2) is 7.35. The Balaban J connectivity index is 2.96. The van der Waals surface area contributed by atoms with Crippen molar-refractivity contribution in [2.45, 2.75) is 13.8 Å². The van der Waals surface area contributed by atoms with Gasteiger partial charge in [-0.3, -0.25) is 0 Å². The zero-order chi connectivity index (χ0) is 12.5. The zero-order valence-electron chi connectivity index (χ0n) is 10.2. The third kappa shape index (κ3) is 4.61. The summed E-state index contributed by atoms with van der Waals surface area (Å²) >= 11 is 0. The van der Waals surface area contributed by atoms with Crippen molar-refractivity contribution in [3.05, 3.63) is 35.9 Å². The average molecular weight is 222 g/mol. The predicted molar refractivity (Wildman–Crippen MR) is 77.3 cm³/mol. The van der Waals surface area contributed by atoms with Crippen molar-refractivity contribution in [3.8, 4) is 12.3 Å². The van der Waals surface area contributed by atoms with Gasteiger partial charge in [0.2, 0.25) is 0 Å². The van der Waals surface area contributed by atoms with Gasteiger partial charge in [-0.15, -0.1) is 0 Å². The van der Waals surface area contributed by atoms with E-state index in [2.05, 4.69) is 15.9 Å². The van der Waals surface area contributed by atoms with Gasteiger partial charge in [-0.05, 0) is 0 Å². The van der Waals surface area contributed by atoms with Crippen molar-refractivity contribution >= 4 is 24.3 Å². The van der Waals surface area contributed by atoms with Crippen molar-refractivity contribution in [1.82, 2.24) is 0 Å². The minimum atomic E-state index is 0.352. The molecule has 0 saturated carbocycles. The summed E-state index contributed by atoms with van der Waals surface area (Å²) < 4.78 is 0. The van der Waals surface area contributed by atoms with Crippen LogP contribution in [-0.4, -0.2) is 30.9 Å². The summed E-state index contributed by atoms with van der Waals surface area (Å²) in [7, 11) is 0. The van der Waals surface area contributed by atoms with Crippen molar-refractivity contribution in [1.29, 1.82) is 0 Å². The summed E-state index contributed by atoms with van der Waals surface area (Å²) in [5.41, 5.74) is 2.68. The Morgan fingerprint density at radius 3 is 2.71 bits per heavy atom. The van der Waals surface area contributed by atoms with Gasteiger partial charge in [-0.25, -0.2) is 0 Å². The Bertz CT molecular complexity index is 479. The molecule has 0 saturated heterocycles. The van der Waals surface area contributed by atoms with Gasteiger partial charge in [0.25, 0.3) is 0 Å². The quantitative estimate of drug-likeness (QED) is 0.323. The molecule has 1 rings (SSSR count). The third-order valence-corrected chi connectivity index (χ3v) is 2.12. The fraction of sp³-hybridized carbons (Fsp3) is 0.214. The van der Waals surface area contributed by atoms with Crippen LogP contribution in [0.25, 0.3) is 0 Å². The normalized spacial score (nSPS) is 12.3. The second-order valence-electron chi connectivity index (χ2n) is 3.44. The number of benzene rings is 1. The van der Waals surface area contributed by atoms with Crippen LogP contribution in [0.15, 0.2) is 40.3 Å². The Morgan fingerprint density at radius 2 is 2.12 bits per heavy atom. The molecule has 0 aromatic heterocycles. The summed E-state index contributed by atoms with van der Waals surface area (Å²) in [4.78, 5) is 8.66. The van der Waals surface area contributed by atoms with E-state index in [1.54, 1.807) is 0 Å². The fourth-order valence-electron chi connectivity index (χ4n) is 1.32. The maximum absolute atomic E-state index is 5.19. The number of amidine groups is 1. The Kier molecular flexibility index (Phi) is 5.67. The van der Waals surface area contributed by atoms with E-state index >= 15 is 0 Å². The predicted octanol–water partition coefficient (Wildman–Crippen LogP) is 2.01. The van der Waals surface area contributed by atoms with Gasteiger partial charge in [0.1, 0.15) is 0 Å². The van der Waals surface area contributed by atoms with Crippen molar-refractivity contribution < 1.29 is 0 Å². The third-order valence-electron chi connectivity index (χ3n) is 2.12. The topological polar surface area (TPSA) is 24.7 Å². The molecule has 0 radical (unpaired) electrons. The SMILES string of the molecule is C#CCN=C(B=CC)N=C(C)c1ccccc1. The van der Waals surface area contributed by atoms with Gasteiger partial charge >= 0.3 is 103 Å². The van der Waals surface area contributed by atoms with Crippen molar-refractivity contribution in [2.75, 3.05) is 6.54 Å². The number of hydrogen-bond donors (Lipinski definition) is 0. The Morgan fingerprint density at radius 1 is 1.41 bits per heavy atom. The zero-order valence-corrected chi connectivity index (χ0v) is 10.2. The van der Waals surface area contributed by atoms with E-state index < -0.39 is 0 Å². The first-order valence-electron chi connectivity index (χ1n) is 5.49. The van der Waals surface area contributed by atoms with E-state index in [0.29, 0.717) is 12.3 Å². The van der Waals surface area contributed by atoms with Crippen LogP contribution >= 0.6 is 0 Å². The van der Waals surface area contributed by atoms with Crippen LogP contribution in [-0.2, 0) is 0 Å². The van der Waals surface area contributed by atoms with E-state index in [4.69, 9.17) is 6.42 Å². The van der Waals surface area contributed by atoms with Crippen LogP contribution < -0.4 is 0 Å². The molecular formula is C14H15BN2. The fourth-order valence-corrected chi connectivity index (χ4v) is 1.32. The average Bonchev–Trinajstić information content (AvgIpc) is 2.37. The Hall–Kier alpha value is -1.95. The van der Waals surface area contributed by atoms with Crippen LogP contribution in [0.1, 0.15) is 19.4 Å². The number of nitrogens with zero attached hydrogens (tertiary/aromatic N) is 2. The molecule has 17 heavy (non-hydrogen) atoms. The Labute approximate surface area is 103 Å². The monoisotopic (exact) mass is 222 g/mol. The van der Waals surface area contributed by atoms with E-state index in [1.165, 1.54) is 0 Å². The molecule has 84 valence electrons.